The Morgan fingerprint density at radius 3 is 2.24 bits per heavy atom. The van der Waals surface area contributed by atoms with Gasteiger partial charge in [-0.25, -0.2) is 4.79 Å². The largest absolute Gasteiger partial charge is 0.476 e. The fraction of sp³-hybridized carbons (Fsp3) is 0.516. The van der Waals surface area contributed by atoms with Crippen LogP contribution >= 0.6 is 0 Å². The first kappa shape index (κ1) is 29.4. The average molecular weight is 523 g/mol. The number of nitrogens with zero attached hydrogens (tertiary/aromatic N) is 2. The Balaban J connectivity index is 1.57. The molecule has 2 aromatic carbocycles. The Kier molecular flexibility index (Phi) is 10.1. The monoisotopic (exact) mass is 522 g/mol. The van der Waals surface area contributed by atoms with Gasteiger partial charge in [-0.1, -0.05) is 42.0 Å². The molecule has 0 aliphatic rings. The molecule has 0 atom stereocenters. The smallest absolute Gasteiger partial charge is 0.350 e. The van der Waals surface area contributed by atoms with Crippen LogP contribution in [0.1, 0.15) is 76.3 Å². The SMILES string of the molecule is CCOCC[n+]1[nH]c(CCCc2ccc(OC(C)(C)C(=O)OC(C)(C)C)cc2)nc1Cc1ccc(C)cc1. The zero-order valence-corrected chi connectivity index (χ0v) is 24.1. The first-order valence-electron chi connectivity index (χ1n) is 13.6. The molecule has 0 spiro atoms. The van der Waals surface area contributed by atoms with E-state index in [0.29, 0.717) is 19.0 Å². The minimum absolute atomic E-state index is 0.382. The van der Waals surface area contributed by atoms with E-state index < -0.39 is 11.2 Å². The summed E-state index contributed by atoms with van der Waals surface area (Å²) in [5.74, 6) is 2.28. The lowest BCUT2D eigenvalue weighted by Crippen LogP contribution is -2.43. The minimum Gasteiger partial charge on any atom is -0.476 e. The summed E-state index contributed by atoms with van der Waals surface area (Å²) in [5, 5.41) is 3.48. The number of esters is 1. The van der Waals surface area contributed by atoms with Gasteiger partial charge >= 0.3 is 11.8 Å². The van der Waals surface area contributed by atoms with Gasteiger partial charge in [0.1, 0.15) is 17.9 Å². The Hall–Kier alpha value is -3.19. The molecule has 0 radical (unpaired) electrons. The van der Waals surface area contributed by atoms with Crippen LogP contribution in [0.3, 0.4) is 0 Å². The van der Waals surface area contributed by atoms with Crippen molar-refractivity contribution < 1.29 is 23.7 Å². The number of hydrogen-bond donors (Lipinski definition) is 1. The van der Waals surface area contributed by atoms with Crippen molar-refractivity contribution in [2.45, 2.75) is 91.9 Å². The fourth-order valence-corrected chi connectivity index (χ4v) is 4.00. The topological polar surface area (TPSA) is 77.3 Å². The fourth-order valence-electron chi connectivity index (χ4n) is 4.00. The second kappa shape index (κ2) is 13.1. The number of hydrogen-bond acceptors (Lipinski definition) is 5. The van der Waals surface area contributed by atoms with E-state index in [9.17, 15) is 4.79 Å². The van der Waals surface area contributed by atoms with Crippen LogP contribution in [0.4, 0.5) is 0 Å². The van der Waals surface area contributed by atoms with Gasteiger partial charge in [-0.05, 0) is 89.6 Å². The zero-order valence-electron chi connectivity index (χ0n) is 24.1. The number of aromatic nitrogens is 3. The van der Waals surface area contributed by atoms with E-state index in [1.54, 1.807) is 13.8 Å². The van der Waals surface area contributed by atoms with Gasteiger partial charge in [0.15, 0.2) is 5.60 Å². The van der Waals surface area contributed by atoms with Crippen LogP contribution in [0.5, 0.6) is 5.75 Å². The normalized spacial score (nSPS) is 12.0. The number of H-pyrrole nitrogens is 1. The number of carbonyl (C=O) groups is 1. The van der Waals surface area contributed by atoms with Gasteiger partial charge in [-0.3, -0.25) is 0 Å². The van der Waals surface area contributed by atoms with Crippen LogP contribution in [-0.2, 0) is 40.1 Å². The molecule has 0 fully saturated rings. The first-order valence-corrected chi connectivity index (χ1v) is 13.6. The molecule has 1 aromatic heterocycles. The van der Waals surface area contributed by atoms with E-state index in [-0.39, 0.29) is 5.97 Å². The molecule has 0 aliphatic carbocycles. The molecule has 7 nitrogen and oxygen atoms in total. The second-order valence-electron chi connectivity index (χ2n) is 11.2. The van der Waals surface area contributed by atoms with E-state index >= 15 is 0 Å². The van der Waals surface area contributed by atoms with Crippen LogP contribution in [0.15, 0.2) is 48.5 Å². The third-order valence-electron chi connectivity index (χ3n) is 6.05. The molecule has 0 amide bonds. The van der Waals surface area contributed by atoms with Crippen molar-refractivity contribution in [2.75, 3.05) is 13.2 Å². The Morgan fingerprint density at radius 2 is 1.61 bits per heavy atom. The van der Waals surface area contributed by atoms with Crippen molar-refractivity contribution in [1.29, 1.82) is 0 Å². The Morgan fingerprint density at radius 1 is 0.947 bits per heavy atom. The Labute approximate surface area is 227 Å². The van der Waals surface area contributed by atoms with E-state index in [1.807, 2.05) is 52.0 Å². The number of nitrogens with one attached hydrogen (secondary N) is 1. The molecule has 206 valence electrons. The van der Waals surface area contributed by atoms with E-state index in [0.717, 1.165) is 43.9 Å². The standard InChI is InChI=1S/C31H43N3O4/c1-8-36-21-20-34-28(22-25-14-12-23(2)13-15-25)32-27(33-34)11-9-10-24-16-18-26(19-17-24)37-31(6,7)29(35)38-30(3,4)5/h12-19H,8-11,20-22H2,1-7H3/p+1. The van der Waals surface area contributed by atoms with Gasteiger partial charge in [0, 0.05) is 13.0 Å². The van der Waals surface area contributed by atoms with Crippen molar-refractivity contribution in [3.63, 3.8) is 0 Å². The summed E-state index contributed by atoms with van der Waals surface area (Å²) in [6.45, 7) is 15.2. The van der Waals surface area contributed by atoms with Crippen LogP contribution in [0.25, 0.3) is 0 Å². The summed E-state index contributed by atoms with van der Waals surface area (Å²) in [4.78, 5) is 17.4. The van der Waals surface area contributed by atoms with E-state index in [4.69, 9.17) is 19.2 Å². The lowest BCUT2D eigenvalue weighted by molar-refractivity contribution is -0.758. The maximum absolute atomic E-state index is 12.5. The number of aryl methyl sites for hydroxylation is 3. The summed E-state index contributed by atoms with van der Waals surface area (Å²) < 4.78 is 19.1. The number of benzene rings is 2. The molecule has 38 heavy (non-hydrogen) atoms. The summed E-state index contributed by atoms with van der Waals surface area (Å²) >= 11 is 0. The zero-order chi connectivity index (χ0) is 27.8. The highest BCUT2D eigenvalue weighted by Crippen LogP contribution is 2.23. The summed E-state index contributed by atoms with van der Waals surface area (Å²) in [5.41, 5.74) is 2.09. The molecule has 0 aliphatic heterocycles. The lowest BCUT2D eigenvalue weighted by Gasteiger charge is -2.29. The number of ether oxygens (including phenoxy) is 3. The van der Waals surface area contributed by atoms with Crippen LogP contribution in [0.2, 0.25) is 0 Å². The molecule has 0 saturated heterocycles. The minimum atomic E-state index is -1.07. The van der Waals surface area contributed by atoms with Gasteiger partial charge in [0.25, 0.3) is 5.82 Å². The highest BCUT2D eigenvalue weighted by molar-refractivity contribution is 5.79. The Bertz CT molecular complexity index is 1160. The second-order valence-corrected chi connectivity index (χ2v) is 11.2. The van der Waals surface area contributed by atoms with Gasteiger partial charge in [-0.15, -0.1) is 0 Å². The third-order valence-corrected chi connectivity index (χ3v) is 6.05. The maximum atomic E-state index is 12.5. The number of aromatic amines is 1. The van der Waals surface area contributed by atoms with Crippen molar-refractivity contribution in [3.8, 4) is 5.75 Å². The summed E-state index contributed by atoms with van der Waals surface area (Å²) in [6, 6.07) is 16.5. The van der Waals surface area contributed by atoms with Crippen molar-refractivity contribution in [2.24, 2.45) is 0 Å². The van der Waals surface area contributed by atoms with Gasteiger partial charge in [0.05, 0.1) is 13.0 Å². The summed E-state index contributed by atoms with van der Waals surface area (Å²) in [6.07, 6.45) is 3.52. The predicted molar refractivity (Wildman–Crippen MR) is 148 cm³/mol. The highest BCUT2D eigenvalue weighted by Gasteiger charge is 2.34. The maximum Gasteiger partial charge on any atom is 0.350 e. The summed E-state index contributed by atoms with van der Waals surface area (Å²) in [7, 11) is 0. The van der Waals surface area contributed by atoms with Crippen molar-refractivity contribution in [3.05, 3.63) is 76.9 Å². The van der Waals surface area contributed by atoms with Crippen LogP contribution in [-0.4, -0.2) is 40.5 Å². The van der Waals surface area contributed by atoms with Crippen LogP contribution < -0.4 is 9.42 Å². The van der Waals surface area contributed by atoms with E-state index in [2.05, 4.69) is 41.0 Å². The molecule has 1 N–H and O–H groups in total. The molecule has 0 bridgehead atoms. The molecule has 0 saturated carbocycles. The van der Waals surface area contributed by atoms with Crippen molar-refractivity contribution >= 4 is 5.97 Å². The van der Waals surface area contributed by atoms with Gasteiger partial charge in [-0.2, -0.15) is 9.78 Å². The molecule has 7 heteroatoms. The molecule has 3 aromatic rings. The van der Waals surface area contributed by atoms with Crippen LogP contribution in [0, 0.1) is 6.92 Å². The first-order chi connectivity index (χ1) is 17.9. The van der Waals surface area contributed by atoms with Gasteiger partial charge < -0.3 is 14.2 Å². The number of carbonyl (C=O) groups excluding carboxylic acids is 1. The molecule has 1 heterocycles. The lowest BCUT2D eigenvalue weighted by atomic mass is 10.1. The highest BCUT2D eigenvalue weighted by atomic mass is 16.6. The average Bonchev–Trinajstić information content (AvgIpc) is 3.21. The molecular weight excluding hydrogens is 478 g/mol. The molecular formula is C31H44N3O4+. The third kappa shape index (κ3) is 9.28. The quantitative estimate of drug-likeness (QED) is 0.187. The van der Waals surface area contributed by atoms with E-state index in [1.165, 1.54) is 16.7 Å². The predicted octanol–water partition coefficient (Wildman–Crippen LogP) is 5.31. The molecule has 3 rings (SSSR count). The van der Waals surface area contributed by atoms with Gasteiger partial charge in [0.2, 0.25) is 0 Å². The number of rotatable bonds is 13. The van der Waals surface area contributed by atoms with Crippen molar-refractivity contribution in [1.82, 2.24) is 10.1 Å². The molecule has 0 unspecified atom stereocenters.